The highest BCUT2D eigenvalue weighted by molar-refractivity contribution is 6.30. The van der Waals surface area contributed by atoms with Crippen molar-refractivity contribution >= 4 is 11.6 Å². The number of hydrogen-bond donors (Lipinski definition) is 0. The largest absolute Gasteiger partial charge is 0.434 e. The molecule has 1 aromatic carbocycles. The molecule has 1 rings (SSSR count). The first-order valence-electron chi connectivity index (χ1n) is 4.25. The Morgan fingerprint density at radius 1 is 1.29 bits per heavy atom. The highest BCUT2D eigenvalue weighted by Gasteiger charge is 2.12. The standard InChI is InChI=1S/C10H11ClF2O/c1-6(2)8-4-3-7(11)5-9(8)14-10(12)13/h3-6,10H,1-2H3. The van der Waals surface area contributed by atoms with Crippen LogP contribution in [-0.4, -0.2) is 6.61 Å². The van der Waals surface area contributed by atoms with Crippen LogP contribution in [0.15, 0.2) is 18.2 Å². The summed E-state index contributed by atoms with van der Waals surface area (Å²) in [6.45, 7) is 0.995. The summed E-state index contributed by atoms with van der Waals surface area (Å²) in [4.78, 5) is 0. The Labute approximate surface area is 86.6 Å². The van der Waals surface area contributed by atoms with E-state index in [0.717, 1.165) is 5.56 Å². The van der Waals surface area contributed by atoms with Gasteiger partial charge in [0.05, 0.1) is 0 Å². The molecule has 0 saturated carbocycles. The predicted molar refractivity (Wildman–Crippen MR) is 52.2 cm³/mol. The molecule has 0 aliphatic rings. The normalized spacial score (nSPS) is 11.1. The Hall–Kier alpha value is -0.830. The van der Waals surface area contributed by atoms with Crippen LogP contribution < -0.4 is 4.74 Å². The Bertz CT molecular complexity index is 313. The monoisotopic (exact) mass is 220 g/mol. The molecule has 0 amide bonds. The van der Waals surface area contributed by atoms with Crippen LogP contribution in [-0.2, 0) is 0 Å². The van der Waals surface area contributed by atoms with Crippen molar-refractivity contribution in [2.24, 2.45) is 0 Å². The van der Waals surface area contributed by atoms with Crippen LogP contribution in [0.25, 0.3) is 0 Å². The van der Waals surface area contributed by atoms with E-state index in [9.17, 15) is 8.78 Å². The summed E-state index contributed by atoms with van der Waals surface area (Å²) in [6, 6.07) is 4.77. The summed E-state index contributed by atoms with van der Waals surface area (Å²) in [5, 5.41) is 0.394. The van der Waals surface area contributed by atoms with Gasteiger partial charge in [-0.25, -0.2) is 0 Å². The van der Waals surface area contributed by atoms with E-state index in [1.807, 2.05) is 13.8 Å². The molecule has 0 N–H and O–H groups in total. The molecule has 1 nitrogen and oxygen atoms in total. The fourth-order valence-corrected chi connectivity index (χ4v) is 1.35. The van der Waals surface area contributed by atoms with Crippen molar-refractivity contribution in [3.05, 3.63) is 28.8 Å². The molecule has 0 heterocycles. The number of halogens is 3. The summed E-state index contributed by atoms with van der Waals surface area (Å²) in [5.41, 5.74) is 0.731. The Morgan fingerprint density at radius 3 is 2.43 bits per heavy atom. The zero-order valence-electron chi connectivity index (χ0n) is 7.93. The van der Waals surface area contributed by atoms with E-state index in [1.165, 1.54) is 6.07 Å². The van der Waals surface area contributed by atoms with Crippen LogP contribution in [0.1, 0.15) is 25.3 Å². The van der Waals surface area contributed by atoms with Crippen molar-refractivity contribution in [3.63, 3.8) is 0 Å². The lowest BCUT2D eigenvalue weighted by Gasteiger charge is -2.13. The summed E-state index contributed by atoms with van der Waals surface area (Å²) >= 11 is 5.68. The predicted octanol–water partition coefficient (Wildman–Crippen LogP) is 4.06. The molecule has 0 saturated heterocycles. The third-order valence-electron chi connectivity index (χ3n) is 1.81. The maximum Gasteiger partial charge on any atom is 0.387 e. The van der Waals surface area contributed by atoms with Crippen molar-refractivity contribution < 1.29 is 13.5 Å². The fraction of sp³-hybridized carbons (Fsp3) is 0.400. The summed E-state index contributed by atoms with van der Waals surface area (Å²) in [5.74, 6) is 0.281. The number of rotatable bonds is 3. The molecule has 14 heavy (non-hydrogen) atoms. The van der Waals surface area contributed by atoms with Gasteiger partial charge in [-0.15, -0.1) is 0 Å². The zero-order valence-corrected chi connectivity index (χ0v) is 8.68. The lowest BCUT2D eigenvalue weighted by Crippen LogP contribution is -2.05. The Balaban J connectivity index is 3.03. The molecule has 78 valence electrons. The quantitative estimate of drug-likeness (QED) is 0.746. The van der Waals surface area contributed by atoms with Gasteiger partial charge in [0.2, 0.25) is 0 Å². The zero-order chi connectivity index (χ0) is 10.7. The number of ether oxygens (including phenoxy) is 1. The van der Waals surface area contributed by atoms with Crippen LogP contribution in [0.2, 0.25) is 5.02 Å². The molecule has 0 radical (unpaired) electrons. The van der Waals surface area contributed by atoms with Gasteiger partial charge in [-0.2, -0.15) is 8.78 Å². The number of alkyl halides is 2. The van der Waals surface area contributed by atoms with E-state index >= 15 is 0 Å². The van der Waals surface area contributed by atoms with E-state index in [1.54, 1.807) is 12.1 Å². The second-order valence-electron chi connectivity index (χ2n) is 3.22. The minimum atomic E-state index is -2.81. The van der Waals surface area contributed by atoms with Gasteiger partial charge in [0.25, 0.3) is 0 Å². The Kier molecular flexibility index (Phi) is 3.69. The molecule has 0 fully saturated rings. The molecular weight excluding hydrogens is 210 g/mol. The minimum Gasteiger partial charge on any atom is -0.434 e. The van der Waals surface area contributed by atoms with Crippen LogP contribution in [0.5, 0.6) is 5.75 Å². The molecule has 0 spiro atoms. The summed E-state index contributed by atoms with van der Waals surface area (Å²) < 4.78 is 28.4. The molecule has 1 aromatic rings. The number of hydrogen-bond acceptors (Lipinski definition) is 1. The highest BCUT2D eigenvalue weighted by Crippen LogP contribution is 2.30. The average molecular weight is 221 g/mol. The molecule has 0 aliphatic heterocycles. The van der Waals surface area contributed by atoms with Crippen LogP contribution >= 0.6 is 11.6 Å². The van der Waals surface area contributed by atoms with Crippen molar-refractivity contribution in [2.45, 2.75) is 26.4 Å². The third kappa shape index (κ3) is 2.84. The van der Waals surface area contributed by atoms with Gasteiger partial charge in [-0.3, -0.25) is 0 Å². The average Bonchev–Trinajstić information content (AvgIpc) is 2.01. The SMILES string of the molecule is CC(C)c1ccc(Cl)cc1OC(F)F. The lowest BCUT2D eigenvalue weighted by molar-refractivity contribution is -0.0505. The second-order valence-corrected chi connectivity index (χ2v) is 3.65. The van der Waals surface area contributed by atoms with Gasteiger partial charge in [0.1, 0.15) is 5.75 Å². The van der Waals surface area contributed by atoms with Crippen LogP contribution in [0, 0.1) is 0 Å². The summed E-state index contributed by atoms with van der Waals surface area (Å²) in [6.07, 6.45) is 0. The molecule has 4 heteroatoms. The van der Waals surface area contributed by atoms with E-state index in [4.69, 9.17) is 11.6 Å². The van der Waals surface area contributed by atoms with Gasteiger partial charge in [0, 0.05) is 5.02 Å². The molecule has 0 aromatic heterocycles. The van der Waals surface area contributed by atoms with Gasteiger partial charge < -0.3 is 4.74 Å². The maximum absolute atomic E-state index is 12.0. The fourth-order valence-electron chi connectivity index (χ4n) is 1.18. The van der Waals surface area contributed by atoms with E-state index in [2.05, 4.69) is 4.74 Å². The van der Waals surface area contributed by atoms with E-state index in [-0.39, 0.29) is 11.7 Å². The minimum absolute atomic E-state index is 0.126. The lowest BCUT2D eigenvalue weighted by atomic mass is 10.0. The molecule has 0 atom stereocenters. The molecule has 0 bridgehead atoms. The van der Waals surface area contributed by atoms with Gasteiger partial charge in [-0.05, 0) is 23.6 Å². The Morgan fingerprint density at radius 2 is 1.93 bits per heavy atom. The van der Waals surface area contributed by atoms with Gasteiger partial charge in [-0.1, -0.05) is 31.5 Å². The molecular formula is C10H11ClF2O. The maximum atomic E-state index is 12.0. The van der Waals surface area contributed by atoms with Crippen LogP contribution in [0.3, 0.4) is 0 Å². The first-order valence-corrected chi connectivity index (χ1v) is 4.62. The molecule has 0 unspecified atom stereocenters. The molecule has 0 aliphatic carbocycles. The third-order valence-corrected chi connectivity index (χ3v) is 2.05. The smallest absolute Gasteiger partial charge is 0.387 e. The van der Waals surface area contributed by atoms with Gasteiger partial charge in [0.15, 0.2) is 0 Å². The van der Waals surface area contributed by atoms with E-state index < -0.39 is 6.61 Å². The van der Waals surface area contributed by atoms with Crippen molar-refractivity contribution in [1.29, 1.82) is 0 Å². The topological polar surface area (TPSA) is 9.23 Å². The first kappa shape index (κ1) is 11.2. The van der Waals surface area contributed by atoms with Crippen molar-refractivity contribution in [1.82, 2.24) is 0 Å². The summed E-state index contributed by atoms with van der Waals surface area (Å²) in [7, 11) is 0. The van der Waals surface area contributed by atoms with E-state index in [0.29, 0.717) is 5.02 Å². The van der Waals surface area contributed by atoms with Gasteiger partial charge >= 0.3 is 6.61 Å². The van der Waals surface area contributed by atoms with Crippen LogP contribution in [0.4, 0.5) is 8.78 Å². The second kappa shape index (κ2) is 4.60. The number of benzene rings is 1. The highest BCUT2D eigenvalue weighted by atomic mass is 35.5. The van der Waals surface area contributed by atoms with Crippen molar-refractivity contribution in [3.8, 4) is 5.75 Å². The first-order chi connectivity index (χ1) is 6.50. The van der Waals surface area contributed by atoms with Crippen molar-refractivity contribution in [2.75, 3.05) is 0 Å².